The summed E-state index contributed by atoms with van der Waals surface area (Å²) in [5, 5.41) is 0. The quantitative estimate of drug-likeness (QED) is 0.610. The average Bonchev–Trinajstić information content (AvgIpc) is 2.20. The zero-order valence-corrected chi connectivity index (χ0v) is 9.91. The second-order valence-corrected chi connectivity index (χ2v) is 5.35. The minimum absolute atomic E-state index is 0.491. The summed E-state index contributed by atoms with van der Waals surface area (Å²) in [6, 6.07) is 0. The van der Waals surface area contributed by atoms with Crippen LogP contribution in [0.2, 0.25) is 0 Å². The molecule has 0 amide bonds. The molecule has 0 N–H and O–H groups in total. The summed E-state index contributed by atoms with van der Waals surface area (Å²) in [5.41, 5.74) is 0. The standard InChI is InChI=1S/C12H22OS/c13-12-8-5-3-1-2-4-6-10-14-11-7-9-12/h1-11H2. The highest BCUT2D eigenvalue weighted by molar-refractivity contribution is 7.99. The van der Waals surface area contributed by atoms with Gasteiger partial charge in [0.25, 0.3) is 0 Å². The first-order valence-corrected chi connectivity index (χ1v) is 7.14. The Kier molecular flexibility index (Phi) is 7.20. The Balaban J connectivity index is 2.15. The van der Waals surface area contributed by atoms with Gasteiger partial charge in [-0.1, -0.05) is 25.7 Å². The van der Waals surface area contributed by atoms with Gasteiger partial charge >= 0.3 is 0 Å². The third-order valence-electron chi connectivity index (χ3n) is 2.74. The van der Waals surface area contributed by atoms with Gasteiger partial charge in [0, 0.05) is 12.8 Å². The molecule has 0 aromatic heterocycles. The Morgan fingerprint density at radius 2 is 1.29 bits per heavy atom. The maximum atomic E-state index is 11.4. The van der Waals surface area contributed by atoms with E-state index in [2.05, 4.69) is 0 Å². The Hall–Kier alpha value is 0.0200. The number of Topliss-reactive ketones (excluding diaryl/α,β-unsaturated/α-hetero) is 1. The molecule has 0 aromatic rings. The first-order chi connectivity index (χ1) is 6.89. The minimum Gasteiger partial charge on any atom is -0.300 e. The van der Waals surface area contributed by atoms with Crippen molar-refractivity contribution in [3.63, 3.8) is 0 Å². The minimum atomic E-state index is 0.491. The van der Waals surface area contributed by atoms with Crippen LogP contribution in [0.25, 0.3) is 0 Å². The van der Waals surface area contributed by atoms with Gasteiger partial charge in [-0.05, 0) is 30.8 Å². The molecule has 0 aliphatic carbocycles. The molecule has 0 bridgehead atoms. The molecule has 82 valence electrons. The molecule has 0 aromatic carbocycles. The highest BCUT2D eigenvalue weighted by Gasteiger charge is 2.02. The number of thioether (sulfide) groups is 1. The number of carbonyl (C=O) groups excluding carboxylic acids is 1. The fraction of sp³-hybridized carbons (Fsp3) is 0.917. The summed E-state index contributed by atoms with van der Waals surface area (Å²) in [6.45, 7) is 0. The van der Waals surface area contributed by atoms with Gasteiger partial charge in [0.15, 0.2) is 0 Å². The maximum Gasteiger partial charge on any atom is 0.132 e. The van der Waals surface area contributed by atoms with Crippen LogP contribution in [0, 0.1) is 0 Å². The third-order valence-corrected chi connectivity index (χ3v) is 3.89. The molecule has 0 saturated carbocycles. The average molecular weight is 214 g/mol. The normalized spacial score (nSPS) is 23.3. The smallest absolute Gasteiger partial charge is 0.132 e. The Morgan fingerprint density at radius 3 is 2.14 bits per heavy atom. The molecule has 0 spiro atoms. The summed E-state index contributed by atoms with van der Waals surface area (Å²) in [4.78, 5) is 11.4. The van der Waals surface area contributed by atoms with E-state index in [9.17, 15) is 4.79 Å². The van der Waals surface area contributed by atoms with Crippen molar-refractivity contribution < 1.29 is 4.79 Å². The van der Waals surface area contributed by atoms with Gasteiger partial charge in [-0.15, -0.1) is 0 Å². The lowest BCUT2D eigenvalue weighted by molar-refractivity contribution is -0.119. The summed E-state index contributed by atoms with van der Waals surface area (Å²) in [5.74, 6) is 2.98. The molecule has 1 fully saturated rings. The highest BCUT2D eigenvalue weighted by Crippen LogP contribution is 2.14. The second kappa shape index (κ2) is 8.34. The van der Waals surface area contributed by atoms with Gasteiger partial charge in [-0.25, -0.2) is 0 Å². The first kappa shape index (κ1) is 12.1. The topological polar surface area (TPSA) is 17.1 Å². The number of carbonyl (C=O) groups is 1. The predicted octanol–water partition coefficient (Wildman–Crippen LogP) is 3.81. The zero-order chi connectivity index (χ0) is 10.1. The first-order valence-electron chi connectivity index (χ1n) is 5.99. The van der Waals surface area contributed by atoms with Crippen LogP contribution in [-0.4, -0.2) is 17.3 Å². The van der Waals surface area contributed by atoms with Crippen molar-refractivity contribution in [3.8, 4) is 0 Å². The van der Waals surface area contributed by atoms with Crippen LogP contribution in [-0.2, 0) is 4.79 Å². The Morgan fingerprint density at radius 1 is 0.714 bits per heavy atom. The predicted molar refractivity (Wildman–Crippen MR) is 63.9 cm³/mol. The van der Waals surface area contributed by atoms with Crippen LogP contribution in [0.15, 0.2) is 0 Å². The number of hydrogen-bond donors (Lipinski definition) is 0. The van der Waals surface area contributed by atoms with E-state index in [0.29, 0.717) is 5.78 Å². The molecule has 2 heteroatoms. The fourth-order valence-corrected chi connectivity index (χ4v) is 2.79. The molecule has 0 atom stereocenters. The molecule has 1 nitrogen and oxygen atoms in total. The molecule has 1 aliphatic rings. The Labute approximate surface area is 92.0 Å². The molecule has 0 radical (unpaired) electrons. The zero-order valence-electron chi connectivity index (χ0n) is 9.09. The molecule has 1 rings (SSSR count). The lowest BCUT2D eigenvalue weighted by atomic mass is 10.1. The van der Waals surface area contributed by atoms with E-state index in [1.165, 1.54) is 43.6 Å². The monoisotopic (exact) mass is 214 g/mol. The van der Waals surface area contributed by atoms with Crippen LogP contribution in [0.4, 0.5) is 0 Å². The van der Waals surface area contributed by atoms with Crippen LogP contribution in [0.5, 0.6) is 0 Å². The lowest BCUT2D eigenvalue weighted by Crippen LogP contribution is -1.98. The van der Waals surface area contributed by atoms with E-state index in [1.807, 2.05) is 11.8 Å². The summed E-state index contributed by atoms with van der Waals surface area (Å²) >= 11 is 2.02. The van der Waals surface area contributed by atoms with Crippen molar-refractivity contribution in [1.82, 2.24) is 0 Å². The number of rotatable bonds is 0. The van der Waals surface area contributed by atoms with Gasteiger partial charge in [0.2, 0.25) is 0 Å². The maximum absolute atomic E-state index is 11.4. The van der Waals surface area contributed by atoms with Crippen LogP contribution < -0.4 is 0 Å². The van der Waals surface area contributed by atoms with Gasteiger partial charge in [0.1, 0.15) is 5.78 Å². The third kappa shape index (κ3) is 6.47. The van der Waals surface area contributed by atoms with Crippen molar-refractivity contribution in [2.75, 3.05) is 11.5 Å². The Bertz CT molecular complexity index is 140. The van der Waals surface area contributed by atoms with E-state index < -0.39 is 0 Å². The van der Waals surface area contributed by atoms with Crippen LogP contribution in [0.3, 0.4) is 0 Å². The van der Waals surface area contributed by atoms with E-state index in [0.717, 1.165) is 25.7 Å². The fourth-order valence-electron chi connectivity index (χ4n) is 1.83. The molecule has 1 saturated heterocycles. The van der Waals surface area contributed by atoms with Crippen molar-refractivity contribution in [2.45, 2.75) is 57.8 Å². The van der Waals surface area contributed by atoms with Crippen LogP contribution >= 0.6 is 11.8 Å². The molecule has 0 unspecified atom stereocenters. The molecular formula is C12H22OS. The highest BCUT2D eigenvalue weighted by atomic mass is 32.2. The van der Waals surface area contributed by atoms with Crippen molar-refractivity contribution >= 4 is 17.5 Å². The molecule has 14 heavy (non-hydrogen) atoms. The summed E-state index contributed by atoms with van der Waals surface area (Å²) < 4.78 is 0. The lowest BCUT2D eigenvalue weighted by Gasteiger charge is -1.99. The summed E-state index contributed by atoms with van der Waals surface area (Å²) in [6.07, 6.45) is 10.6. The van der Waals surface area contributed by atoms with Gasteiger partial charge in [-0.3, -0.25) is 4.79 Å². The van der Waals surface area contributed by atoms with Gasteiger partial charge in [0.05, 0.1) is 0 Å². The largest absolute Gasteiger partial charge is 0.300 e. The van der Waals surface area contributed by atoms with Crippen LogP contribution in [0.1, 0.15) is 57.8 Å². The van der Waals surface area contributed by atoms with Crippen molar-refractivity contribution in [1.29, 1.82) is 0 Å². The number of hydrogen-bond acceptors (Lipinski definition) is 2. The summed E-state index contributed by atoms with van der Waals surface area (Å²) in [7, 11) is 0. The van der Waals surface area contributed by atoms with Gasteiger partial charge < -0.3 is 0 Å². The van der Waals surface area contributed by atoms with Crippen molar-refractivity contribution in [2.24, 2.45) is 0 Å². The van der Waals surface area contributed by atoms with Crippen molar-refractivity contribution in [3.05, 3.63) is 0 Å². The second-order valence-electron chi connectivity index (χ2n) is 4.13. The molecule has 1 heterocycles. The SMILES string of the molecule is O=C1CCCCCCCCSCCC1. The van der Waals surface area contributed by atoms with E-state index in [4.69, 9.17) is 0 Å². The molecular weight excluding hydrogens is 192 g/mol. The van der Waals surface area contributed by atoms with E-state index >= 15 is 0 Å². The van der Waals surface area contributed by atoms with E-state index in [-0.39, 0.29) is 0 Å². The van der Waals surface area contributed by atoms with Gasteiger partial charge in [-0.2, -0.15) is 11.8 Å². The molecule has 1 aliphatic heterocycles. The number of ketones is 1. The van der Waals surface area contributed by atoms with E-state index in [1.54, 1.807) is 0 Å².